The van der Waals surface area contributed by atoms with Crippen molar-refractivity contribution in [2.75, 3.05) is 0 Å². The number of benzene rings is 1. The molecule has 0 aliphatic carbocycles. The van der Waals surface area contributed by atoms with Crippen LogP contribution in [0.1, 0.15) is 42.4 Å². The van der Waals surface area contributed by atoms with E-state index in [1.165, 1.54) is 6.07 Å². The number of ether oxygens (including phenoxy) is 1. The molecule has 0 fully saturated rings. The van der Waals surface area contributed by atoms with E-state index in [-0.39, 0.29) is 11.9 Å². The summed E-state index contributed by atoms with van der Waals surface area (Å²) in [5.74, 6) is 1.01. The Morgan fingerprint density at radius 1 is 1.24 bits per heavy atom. The van der Waals surface area contributed by atoms with Crippen molar-refractivity contribution in [3.63, 3.8) is 0 Å². The van der Waals surface area contributed by atoms with Gasteiger partial charge in [-0.05, 0) is 57.0 Å². The summed E-state index contributed by atoms with van der Waals surface area (Å²) >= 11 is 0. The average Bonchev–Trinajstić information content (AvgIpc) is 2.44. The van der Waals surface area contributed by atoms with Crippen molar-refractivity contribution in [1.29, 1.82) is 0 Å². The van der Waals surface area contributed by atoms with E-state index in [1.54, 1.807) is 13.0 Å². The molecule has 2 rings (SSSR count). The molecule has 0 saturated heterocycles. The largest absolute Gasteiger partial charge is 0.455 e. The molecule has 1 atom stereocenters. The lowest BCUT2D eigenvalue weighted by Gasteiger charge is -2.16. The van der Waals surface area contributed by atoms with Gasteiger partial charge in [0, 0.05) is 17.3 Å². The number of hydrogen-bond donors (Lipinski definition) is 1. The van der Waals surface area contributed by atoms with E-state index >= 15 is 0 Å². The van der Waals surface area contributed by atoms with Gasteiger partial charge in [-0.25, -0.2) is 4.39 Å². The average molecular weight is 288 g/mol. The number of hydrogen-bond acceptors (Lipinski definition) is 3. The molecule has 0 aliphatic heterocycles. The van der Waals surface area contributed by atoms with Crippen LogP contribution in [-0.4, -0.2) is 4.98 Å². The molecule has 3 nitrogen and oxygen atoms in total. The number of pyridine rings is 1. The molecule has 0 amide bonds. The minimum absolute atomic E-state index is 0.271. The molecule has 0 spiro atoms. The molecule has 1 aromatic carbocycles. The number of aryl methyl sites for hydroxylation is 3. The van der Waals surface area contributed by atoms with E-state index in [0.717, 1.165) is 17.8 Å². The fourth-order valence-electron chi connectivity index (χ4n) is 2.18. The summed E-state index contributed by atoms with van der Waals surface area (Å²) < 4.78 is 19.7. The van der Waals surface area contributed by atoms with Gasteiger partial charge < -0.3 is 10.5 Å². The van der Waals surface area contributed by atoms with Crippen molar-refractivity contribution < 1.29 is 9.13 Å². The Labute approximate surface area is 125 Å². The highest BCUT2D eigenvalue weighted by Gasteiger charge is 2.14. The van der Waals surface area contributed by atoms with Crippen molar-refractivity contribution in [1.82, 2.24) is 4.98 Å². The maximum atomic E-state index is 13.7. The molecule has 0 aliphatic rings. The lowest BCUT2D eigenvalue weighted by Crippen LogP contribution is -2.08. The van der Waals surface area contributed by atoms with Gasteiger partial charge in [0.15, 0.2) is 0 Å². The molecule has 0 bridgehead atoms. The molecule has 4 heteroatoms. The summed E-state index contributed by atoms with van der Waals surface area (Å²) in [6.07, 6.45) is 0.769. The Morgan fingerprint density at radius 2 is 1.95 bits per heavy atom. The van der Waals surface area contributed by atoms with E-state index in [2.05, 4.69) is 4.98 Å². The Morgan fingerprint density at radius 3 is 2.57 bits per heavy atom. The fraction of sp³-hybridized carbons (Fsp3) is 0.353. The Kier molecular flexibility index (Phi) is 4.58. The summed E-state index contributed by atoms with van der Waals surface area (Å²) in [6, 6.07) is 6.62. The van der Waals surface area contributed by atoms with Crippen LogP contribution < -0.4 is 10.5 Å². The third kappa shape index (κ3) is 3.39. The van der Waals surface area contributed by atoms with Gasteiger partial charge in [-0.3, -0.25) is 4.98 Å². The first-order valence-electron chi connectivity index (χ1n) is 7.12. The van der Waals surface area contributed by atoms with Crippen LogP contribution in [0.4, 0.5) is 4.39 Å². The zero-order chi connectivity index (χ0) is 15.6. The second kappa shape index (κ2) is 6.22. The van der Waals surface area contributed by atoms with Gasteiger partial charge in [0.2, 0.25) is 0 Å². The molecule has 112 valence electrons. The predicted molar refractivity (Wildman–Crippen MR) is 82.2 cm³/mol. The van der Waals surface area contributed by atoms with Gasteiger partial charge in [-0.1, -0.05) is 6.92 Å². The van der Waals surface area contributed by atoms with Gasteiger partial charge in [0.05, 0.1) is 5.69 Å². The van der Waals surface area contributed by atoms with Gasteiger partial charge in [-0.2, -0.15) is 0 Å². The van der Waals surface area contributed by atoms with Crippen LogP contribution in [0.3, 0.4) is 0 Å². The standard InChI is InChI=1S/C17H21FN2O/c1-5-15-16(7-6-11(3)20-15)21-17-8-10(2)14(18)9-13(17)12(4)19/h6-9,12H,5,19H2,1-4H3/t12-/m0/s1. The summed E-state index contributed by atoms with van der Waals surface area (Å²) in [5, 5.41) is 0. The zero-order valence-electron chi connectivity index (χ0n) is 12.9. The van der Waals surface area contributed by atoms with Crippen molar-refractivity contribution >= 4 is 0 Å². The zero-order valence-corrected chi connectivity index (χ0v) is 12.9. The van der Waals surface area contributed by atoms with Crippen LogP contribution in [-0.2, 0) is 6.42 Å². The highest BCUT2D eigenvalue weighted by atomic mass is 19.1. The van der Waals surface area contributed by atoms with Crippen molar-refractivity contribution in [2.24, 2.45) is 5.73 Å². The molecule has 1 heterocycles. The van der Waals surface area contributed by atoms with Crippen LogP contribution in [0.15, 0.2) is 24.3 Å². The second-order valence-corrected chi connectivity index (χ2v) is 5.28. The topological polar surface area (TPSA) is 48.1 Å². The predicted octanol–water partition coefficient (Wildman–Crippen LogP) is 4.21. The summed E-state index contributed by atoms with van der Waals surface area (Å²) in [5.41, 5.74) is 8.94. The smallest absolute Gasteiger partial charge is 0.148 e. The van der Waals surface area contributed by atoms with Crippen LogP contribution >= 0.6 is 0 Å². The Balaban J connectivity index is 2.46. The summed E-state index contributed by atoms with van der Waals surface area (Å²) in [7, 11) is 0. The lowest BCUT2D eigenvalue weighted by molar-refractivity contribution is 0.459. The fourth-order valence-corrected chi connectivity index (χ4v) is 2.18. The summed E-state index contributed by atoms with van der Waals surface area (Å²) in [6.45, 7) is 7.49. The number of halogens is 1. The second-order valence-electron chi connectivity index (χ2n) is 5.28. The highest BCUT2D eigenvalue weighted by molar-refractivity contribution is 5.43. The van der Waals surface area contributed by atoms with Crippen LogP contribution in [0.5, 0.6) is 11.5 Å². The van der Waals surface area contributed by atoms with Crippen LogP contribution in [0, 0.1) is 19.7 Å². The van der Waals surface area contributed by atoms with E-state index in [9.17, 15) is 4.39 Å². The van der Waals surface area contributed by atoms with E-state index in [4.69, 9.17) is 10.5 Å². The van der Waals surface area contributed by atoms with Gasteiger partial charge >= 0.3 is 0 Å². The first-order chi connectivity index (χ1) is 9.92. The number of nitrogens with two attached hydrogens (primary N) is 1. The molecule has 2 aromatic rings. The molecule has 2 N–H and O–H groups in total. The molecule has 0 saturated carbocycles. The van der Waals surface area contributed by atoms with Gasteiger partial charge in [0.25, 0.3) is 0 Å². The van der Waals surface area contributed by atoms with Crippen LogP contribution in [0.25, 0.3) is 0 Å². The lowest BCUT2D eigenvalue weighted by atomic mass is 10.0. The molecule has 1 aromatic heterocycles. The van der Waals surface area contributed by atoms with E-state index in [0.29, 0.717) is 22.6 Å². The van der Waals surface area contributed by atoms with Crippen molar-refractivity contribution in [2.45, 2.75) is 40.2 Å². The molecule has 0 radical (unpaired) electrons. The third-order valence-corrected chi connectivity index (χ3v) is 3.41. The van der Waals surface area contributed by atoms with Gasteiger partial charge in [-0.15, -0.1) is 0 Å². The van der Waals surface area contributed by atoms with Crippen LogP contribution in [0.2, 0.25) is 0 Å². The summed E-state index contributed by atoms with van der Waals surface area (Å²) in [4.78, 5) is 4.47. The number of nitrogens with zero attached hydrogens (tertiary/aromatic N) is 1. The minimum atomic E-state index is -0.307. The maximum Gasteiger partial charge on any atom is 0.148 e. The normalized spacial score (nSPS) is 12.3. The Hall–Kier alpha value is -1.94. The van der Waals surface area contributed by atoms with Gasteiger partial charge in [0.1, 0.15) is 17.3 Å². The van der Waals surface area contributed by atoms with E-state index < -0.39 is 0 Å². The number of rotatable bonds is 4. The first kappa shape index (κ1) is 15.4. The number of aromatic nitrogens is 1. The molecular weight excluding hydrogens is 267 g/mol. The quantitative estimate of drug-likeness (QED) is 0.916. The van der Waals surface area contributed by atoms with Crippen molar-refractivity contribution in [3.05, 3.63) is 52.6 Å². The van der Waals surface area contributed by atoms with Crippen molar-refractivity contribution in [3.8, 4) is 11.5 Å². The molecule has 21 heavy (non-hydrogen) atoms. The Bertz CT molecular complexity index is 653. The first-order valence-corrected chi connectivity index (χ1v) is 7.12. The van der Waals surface area contributed by atoms with E-state index in [1.807, 2.05) is 32.9 Å². The molecule has 0 unspecified atom stereocenters. The highest BCUT2D eigenvalue weighted by Crippen LogP contribution is 2.32. The maximum absolute atomic E-state index is 13.7. The molecular formula is C17H21FN2O. The third-order valence-electron chi connectivity index (χ3n) is 3.41. The SMILES string of the molecule is CCc1nc(C)ccc1Oc1cc(C)c(F)cc1[C@H](C)N. The minimum Gasteiger partial charge on any atom is -0.455 e. The monoisotopic (exact) mass is 288 g/mol.